The van der Waals surface area contributed by atoms with Crippen molar-refractivity contribution in [2.45, 2.75) is 40.0 Å². The molecule has 2 heteroatoms. The molecule has 0 aromatic carbocycles. The van der Waals surface area contributed by atoms with Gasteiger partial charge in [0.1, 0.15) is 0 Å². The maximum absolute atomic E-state index is 11.8. The summed E-state index contributed by atoms with van der Waals surface area (Å²) in [7, 11) is 0. The van der Waals surface area contributed by atoms with Crippen LogP contribution in [0.3, 0.4) is 0 Å². The number of likely N-dealkylation sites (tertiary alicyclic amines) is 1. The van der Waals surface area contributed by atoms with Crippen molar-refractivity contribution in [2.75, 3.05) is 13.1 Å². The Morgan fingerprint density at radius 3 is 2.50 bits per heavy atom. The Bertz CT molecular complexity index is 245. The van der Waals surface area contributed by atoms with Gasteiger partial charge >= 0.3 is 0 Å². The van der Waals surface area contributed by atoms with Crippen LogP contribution in [0, 0.1) is 17.3 Å². The Kier molecular flexibility index (Phi) is 2.32. The lowest BCUT2D eigenvalue weighted by atomic mass is 9.78. The second-order valence-corrected chi connectivity index (χ2v) is 5.59. The zero-order valence-electron chi connectivity index (χ0n) is 9.55. The standard InChI is InChI=1S/C12H21NO/c1-9(2)12(3)6-7-13(8-12)11(14)10-4-5-10/h9-10H,4-8H2,1-3H3/t12-/m0/s1. The minimum absolute atomic E-state index is 0.366. The Hall–Kier alpha value is -0.530. The van der Waals surface area contributed by atoms with E-state index in [0.717, 1.165) is 25.9 Å². The van der Waals surface area contributed by atoms with Gasteiger partial charge in [0.05, 0.1) is 0 Å². The van der Waals surface area contributed by atoms with Gasteiger partial charge in [-0.3, -0.25) is 4.79 Å². The number of carbonyl (C=O) groups is 1. The first-order valence-electron chi connectivity index (χ1n) is 5.82. The molecule has 1 amide bonds. The molecule has 0 radical (unpaired) electrons. The van der Waals surface area contributed by atoms with E-state index in [1.54, 1.807) is 0 Å². The van der Waals surface area contributed by atoms with Crippen LogP contribution in [0.5, 0.6) is 0 Å². The lowest BCUT2D eigenvalue weighted by molar-refractivity contribution is -0.132. The summed E-state index contributed by atoms with van der Waals surface area (Å²) in [6, 6.07) is 0. The highest BCUT2D eigenvalue weighted by Crippen LogP contribution is 2.40. The van der Waals surface area contributed by atoms with Crippen LogP contribution in [-0.2, 0) is 4.79 Å². The monoisotopic (exact) mass is 195 g/mol. The highest BCUT2D eigenvalue weighted by atomic mass is 16.2. The van der Waals surface area contributed by atoms with E-state index in [1.165, 1.54) is 6.42 Å². The topological polar surface area (TPSA) is 20.3 Å². The fourth-order valence-electron chi connectivity index (χ4n) is 2.23. The summed E-state index contributed by atoms with van der Waals surface area (Å²) in [5, 5.41) is 0. The number of hydrogen-bond donors (Lipinski definition) is 0. The molecule has 1 aliphatic carbocycles. The van der Waals surface area contributed by atoms with E-state index < -0.39 is 0 Å². The SMILES string of the molecule is CC(C)[C@@]1(C)CCN(C(=O)C2CC2)C1. The molecule has 0 spiro atoms. The Labute approximate surface area is 86.7 Å². The highest BCUT2D eigenvalue weighted by Gasteiger charge is 2.42. The largest absolute Gasteiger partial charge is 0.342 e. The summed E-state index contributed by atoms with van der Waals surface area (Å²) >= 11 is 0. The highest BCUT2D eigenvalue weighted by molar-refractivity contribution is 5.81. The van der Waals surface area contributed by atoms with Crippen molar-refractivity contribution in [2.24, 2.45) is 17.3 Å². The van der Waals surface area contributed by atoms with E-state index in [9.17, 15) is 4.79 Å². The maximum Gasteiger partial charge on any atom is 0.225 e. The van der Waals surface area contributed by atoms with Gasteiger partial charge in [-0.25, -0.2) is 0 Å². The van der Waals surface area contributed by atoms with Crippen molar-refractivity contribution in [1.82, 2.24) is 4.90 Å². The minimum atomic E-state index is 0.366. The summed E-state index contributed by atoms with van der Waals surface area (Å²) in [4.78, 5) is 13.9. The molecule has 2 aliphatic rings. The van der Waals surface area contributed by atoms with Gasteiger partial charge in [-0.1, -0.05) is 20.8 Å². The lowest BCUT2D eigenvalue weighted by Crippen LogP contribution is -2.33. The average molecular weight is 195 g/mol. The summed E-state index contributed by atoms with van der Waals surface area (Å²) in [6.07, 6.45) is 3.45. The van der Waals surface area contributed by atoms with E-state index in [4.69, 9.17) is 0 Å². The van der Waals surface area contributed by atoms with E-state index in [2.05, 4.69) is 25.7 Å². The summed E-state index contributed by atoms with van der Waals surface area (Å²) in [5.74, 6) is 1.50. The van der Waals surface area contributed by atoms with Crippen LogP contribution >= 0.6 is 0 Å². The molecule has 80 valence electrons. The third-order valence-electron chi connectivity index (χ3n) is 4.14. The van der Waals surface area contributed by atoms with Crippen LogP contribution in [0.15, 0.2) is 0 Å². The molecule has 1 saturated carbocycles. The molecule has 0 aromatic rings. The van der Waals surface area contributed by atoms with Gasteiger partial charge in [-0.15, -0.1) is 0 Å². The second-order valence-electron chi connectivity index (χ2n) is 5.59. The average Bonchev–Trinajstić information content (AvgIpc) is 2.89. The summed E-state index contributed by atoms with van der Waals surface area (Å²) in [5.41, 5.74) is 0.366. The molecule has 0 aromatic heterocycles. The molecular weight excluding hydrogens is 174 g/mol. The van der Waals surface area contributed by atoms with E-state index >= 15 is 0 Å². The zero-order chi connectivity index (χ0) is 10.3. The van der Waals surface area contributed by atoms with E-state index in [0.29, 0.717) is 23.2 Å². The molecule has 1 aliphatic heterocycles. The predicted molar refractivity (Wildman–Crippen MR) is 56.9 cm³/mol. The first kappa shape index (κ1) is 10.0. The van der Waals surface area contributed by atoms with Gasteiger partial charge < -0.3 is 4.90 Å². The summed E-state index contributed by atoms with van der Waals surface area (Å²) < 4.78 is 0. The first-order chi connectivity index (χ1) is 6.53. The van der Waals surface area contributed by atoms with Crippen LogP contribution in [0.1, 0.15) is 40.0 Å². The van der Waals surface area contributed by atoms with Gasteiger partial charge in [0.15, 0.2) is 0 Å². The van der Waals surface area contributed by atoms with Gasteiger partial charge in [0.2, 0.25) is 5.91 Å². The zero-order valence-corrected chi connectivity index (χ0v) is 9.55. The van der Waals surface area contributed by atoms with Gasteiger partial charge in [-0.05, 0) is 30.6 Å². The van der Waals surface area contributed by atoms with E-state index in [1.807, 2.05) is 0 Å². The Balaban J connectivity index is 1.96. The molecule has 2 nitrogen and oxygen atoms in total. The maximum atomic E-state index is 11.8. The number of amides is 1. The van der Waals surface area contributed by atoms with Crippen molar-refractivity contribution < 1.29 is 4.79 Å². The molecule has 2 rings (SSSR count). The molecule has 1 heterocycles. The van der Waals surface area contributed by atoms with E-state index in [-0.39, 0.29) is 0 Å². The van der Waals surface area contributed by atoms with Crippen molar-refractivity contribution in [3.8, 4) is 0 Å². The minimum Gasteiger partial charge on any atom is -0.342 e. The molecular formula is C12H21NO. The van der Waals surface area contributed by atoms with Crippen LogP contribution < -0.4 is 0 Å². The third kappa shape index (κ3) is 1.67. The molecule has 2 fully saturated rings. The number of hydrogen-bond acceptors (Lipinski definition) is 1. The third-order valence-corrected chi connectivity index (χ3v) is 4.14. The van der Waals surface area contributed by atoms with Crippen molar-refractivity contribution in [3.63, 3.8) is 0 Å². The van der Waals surface area contributed by atoms with Crippen LogP contribution in [0.25, 0.3) is 0 Å². The second kappa shape index (κ2) is 3.25. The fourth-order valence-corrected chi connectivity index (χ4v) is 2.23. The normalized spacial score (nSPS) is 32.7. The quantitative estimate of drug-likeness (QED) is 0.662. The number of nitrogens with zero attached hydrogens (tertiary/aromatic N) is 1. The predicted octanol–water partition coefficient (Wildman–Crippen LogP) is 2.29. The first-order valence-corrected chi connectivity index (χ1v) is 5.82. The fraction of sp³-hybridized carbons (Fsp3) is 0.917. The molecule has 0 bridgehead atoms. The smallest absolute Gasteiger partial charge is 0.225 e. The van der Waals surface area contributed by atoms with Crippen LogP contribution in [0.2, 0.25) is 0 Å². The molecule has 1 atom stereocenters. The van der Waals surface area contributed by atoms with Gasteiger partial charge in [-0.2, -0.15) is 0 Å². The van der Waals surface area contributed by atoms with Crippen molar-refractivity contribution >= 4 is 5.91 Å². The van der Waals surface area contributed by atoms with Crippen LogP contribution in [-0.4, -0.2) is 23.9 Å². The molecule has 0 unspecified atom stereocenters. The van der Waals surface area contributed by atoms with Gasteiger partial charge in [0, 0.05) is 19.0 Å². The van der Waals surface area contributed by atoms with Crippen molar-refractivity contribution in [3.05, 3.63) is 0 Å². The number of rotatable bonds is 2. The van der Waals surface area contributed by atoms with Crippen molar-refractivity contribution in [1.29, 1.82) is 0 Å². The van der Waals surface area contributed by atoms with Crippen LogP contribution in [0.4, 0.5) is 0 Å². The Morgan fingerprint density at radius 1 is 1.43 bits per heavy atom. The summed E-state index contributed by atoms with van der Waals surface area (Å²) in [6.45, 7) is 8.83. The lowest BCUT2D eigenvalue weighted by Gasteiger charge is -2.28. The molecule has 0 N–H and O–H groups in total. The van der Waals surface area contributed by atoms with Gasteiger partial charge in [0.25, 0.3) is 0 Å². The molecule has 1 saturated heterocycles. The molecule has 14 heavy (non-hydrogen) atoms. The Morgan fingerprint density at radius 2 is 2.07 bits per heavy atom. The number of carbonyl (C=O) groups excluding carboxylic acids is 1.